The van der Waals surface area contributed by atoms with Crippen molar-refractivity contribution in [3.63, 3.8) is 0 Å². The molecule has 0 radical (unpaired) electrons. The summed E-state index contributed by atoms with van der Waals surface area (Å²) >= 11 is 1.41. The Bertz CT molecular complexity index is 1100. The molecule has 2 amide bonds. The fourth-order valence-corrected chi connectivity index (χ4v) is 4.06. The highest BCUT2D eigenvalue weighted by Crippen LogP contribution is 2.36. The topological polar surface area (TPSA) is 96.9 Å². The molecule has 1 aliphatic rings. The number of ether oxygens (including phenoxy) is 2. The van der Waals surface area contributed by atoms with Crippen LogP contribution in [0.4, 0.5) is 0 Å². The molecule has 160 valence electrons. The van der Waals surface area contributed by atoms with E-state index in [2.05, 4.69) is 10.6 Å². The summed E-state index contributed by atoms with van der Waals surface area (Å²) in [5.74, 6) is 1.10. The number of rotatable bonds is 7. The summed E-state index contributed by atoms with van der Waals surface area (Å²) in [5.41, 5.74) is 1.37. The van der Waals surface area contributed by atoms with E-state index in [9.17, 15) is 14.7 Å². The SMILES string of the molecule is O=C(NCCCNC(=O)c1ccc(-c2ccc3c(c2)OCCO3)s1)c1cccc(O)c1. The van der Waals surface area contributed by atoms with Crippen LogP contribution in [0.5, 0.6) is 17.2 Å². The number of fused-ring (bicyclic) bond motifs is 1. The first-order valence-electron chi connectivity index (χ1n) is 9.95. The molecule has 31 heavy (non-hydrogen) atoms. The van der Waals surface area contributed by atoms with Gasteiger partial charge in [-0.1, -0.05) is 6.07 Å². The Morgan fingerprint density at radius 1 is 0.903 bits per heavy atom. The van der Waals surface area contributed by atoms with Crippen molar-refractivity contribution < 1.29 is 24.2 Å². The van der Waals surface area contributed by atoms with E-state index in [1.807, 2.05) is 24.3 Å². The van der Waals surface area contributed by atoms with Gasteiger partial charge in [-0.25, -0.2) is 0 Å². The number of benzene rings is 2. The number of hydrogen-bond donors (Lipinski definition) is 3. The number of hydrogen-bond acceptors (Lipinski definition) is 6. The zero-order valence-corrected chi connectivity index (χ0v) is 17.5. The van der Waals surface area contributed by atoms with E-state index >= 15 is 0 Å². The lowest BCUT2D eigenvalue weighted by Crippen LogP contribution is -2.29. The third kappa shape index (κ3) is 5.16. The van der Waals surface area contributed by atoms with Gasteiger partial charge in [0, 0.05) is 23.5 Å². The number of carbonyl (C=O) groups is 2. The first kappa shape index (κ1) is 20.7. The molecule has 0 aliphatic carbocycles. The molecule has 0 spiro atoms. The molecule has 0 saturated carbocycles. The van der Waals surface area contributed by atoms with Gasteiger partial charge in [-0.05, 0) is 60.5 Å². The Hall–Kier alpha value is -3.52. The normalized spacial score (nSPS) is 12.3. The summed E-state index contributed by atoms with van der Waals surface area (Å²) in [6, 6.07) is 15.7. The van der Waals surface area contributed by atoms with Crippen molar-refractivity contribution in [1.82, 2.24) is 10.6 Å². The molecule has 0 unspecified atom stereocenters. The maximum atomic E-state index is 12.4. The minimum Gasteiger partial charge on any atom is -0.508 e. The van der Waals surface area contributed by atoms with Crippen molar-refractivity contribution in [3.05, 3.63) is 65.0 Å². The van der Waals surface area contributed by atoms with Crippen LogP contribution in [0.2, 0.25) is 0 Å². The van der Waals surface area contributed by atoms with Crippen molar-refractivity contribution in [1.29, 1.82) is 0 Å². The summed E-state index contributed by atoms with van der Waals surface area (Å²) < 4.78 is 11.2. The van der Waals surface area contributed by atoms with E-state index in [-0.39, 0.29) is 17.6 Å². The van der Waals surface area contributed by atoms with Crippen LogP contribution in [0.15, 0.2) is 54.6 Å². The number of phenols is 1. The van der Waals surface area contributed by atoms with Gasteiger partial charge < -0.3 is 25.2 Å². The van der Waals surface area contributed by atoms with Gasteiger partial charge in [0.15, 0.2) is 11.5 Å². The monoisotopic (exact) mass is 438 g/mol. The lowest BCUT2D eigenvalue weighted by Gasteiger charge is -2.18. The summed E-state index contributed by atoms with van der Waals surface area (Å²) in [6.45, 7) is 1.94. The molecule has 1 aromatic heterocycles. The van der Waals surface area contributed by atoms with Gasteiger partial charge in [0.1, 0.15) is 19.0 Å². The predicted molar refractivity (Wildman–Crippen MR) is 118 cm³/mol. The Balaban J connectivity index is 1.24. The van der Waals surface area contributed by atoms with Crippen LogP contribution in [0.1, 0.15) is 26.5 Å². The van der Waals surface area contributed by atoms with E-state index < -0.39 is 0 Å². The van der Waals surface area contributed by atoms with E-state index in [4.69, 9.17) is 9.47 Å². The molecule has 3 N–H and O–H groups in total. The van der Waals surface area contributed by atoms with Gasteiger partial charge in [-0.2, -0.15) is 0 Å². The number of thiophene rings is 1. The van der Waals surface area contributed by atoms with Crippen LogP contribution in [0, 0.1) is 0 Å². The summed E-state index contributed by atoms with van der Waals surface area (Å²) in [5, 5.41) is 15.1. The standard InChI is InChI=1S/C23H22N2O5S/c26-17-4-1-3-16(13-17)22(27)24-9-2-10-25-23(28)21-8-7-20(31-21)15-5-6-18-19(14-15)30-12-11-29-18/h1,3-8,13-14,26H,2,9-12H2,(H,24,27)(H,25,28). The molecule has 2 heterocycles. The minimum atomic E-state index is -0.260. The van der Waals surface area contributed by atoms with E-state index in [0.717, 1.165) is 21.9 Å². The van der Waals surface area contributed by atoms with Crippen LogP contribution >= 0.6 is 11.3 Å². The molecular formula is C23H22N2O5S. The van der Waals surface area contributed by atoms with Gasteiger partial charge in [-0.3, -0.25) is 9.59 Å². The first-order valence-corrected chi connectivity index (χ1v) is 10.8. The molecule has 0 atom stereocenters. The van der Waals surface area contributed by atoms with Gasteiger partial charge >= 0.3 is 0 Å². The molecule has 1 aliphatic heterocycles. The summed E-state index contributed by atoms with van der Waals surface area (Å²) in [7, 11) is 0. The fraction of sp³-hybridized carbons (Fsp3) is 0.217. The van der Waals surface area contributed by atoms with Crippen LogP contribution < -0.4 is 20.1 Å². The highest BCUT2D eigenvalue weighted by molar-refractivity contribution is 7.17. The second kappa shape index (κ2) is 9.53. The molecule has 3 aromatic rings. The maximum Gasteiger partial charge on any atom is 0.261 e. The highest BCUT2D eigenvalue weighted by atomic mass is 32.1. The van der Waals surface area contributed by atoms with Crippen LogP contribution in [-0.4, -0.2) is 43.2 Å². The van der Waals surface area contributed by atoms with Crippen molar-refractivity contribution >= 4 is 23.2 Å². The molecule has 0 fully saturated rings. The molecule has 0 saturated heterocycles. The molecular weight excluding hydrogens is 416 g/mol. The Morgan fingerprint density at radius 2 is 1.68 bits per heavy atom. The molecule has 2 aromatic carbocycles. The number of carbonyl (C=O) groups excluding carboxylic acids is 2. The van der Waals surface area contributed by atoms with Crippen LogP contribution in [0.3, 0.4) is 0 Å². The second-order valence-corrected chi connectivity index (χ2v) is 8.02. The Labute approximate surface area is 183 Å². The van der Waals surface area contributed by atoms with Gasteiger partial charge in [0.05, 0.1) is 4.88 Å². The van der Waals surface area contributed by atoms with Gasteiger partial charge in [0.2, 0.25) is 0 Å². The van der Waals surface area contributed by atoms with Crippen LogP contribution in [0.25, 0.3) is 10.4 Å². The zero-order chi connectivity index (χ0) is 21.6. The van der Waals surface area contributed by atoms with E-state index in [0.29, 0.717) is 43.2 Å². The smallest absolute Gasteiger partial charge is 0.261 e. The van der Waals surface area contributed by atoms with Crippen molar-refractivity contribution in [3.8, 4) is 27.7 Å². The number of amides is 2. The summed E-state index contributed by atoms with van der Waals surface area (Å²) in [6.07, 6.45) is 0.594. The summed E-state index contributed by atoms with van der Waals surface area (Å²) in [4.78, 5) is 26.0. The maximum absolute atomic E-state index is 12.4. The average Bonchev–Trinajstić information content (AvgIpc) is 3.29. The number of aromatic hydroxyl groups is 1. The van der Waals surface area contributed by atoms with E-state index in [1.54, 1.807) is 18.2 Å². The quantitative estimate of drug-likeness (QED) is 0.491. The van der Waals surface area contributed by atoms with E-state index in [1.165, 1.54) is 23.5 Å². The average molecular weight is 439 g/mol. The van der Waals surface area contributed by atoms with Crippen molar-refractivity contribution in [2.24, 2.45) is 0 Å². The molecule has 7 nitrogen and oxygen atoms in total. The largest absolute Gasteiger partial charge is 0.508 e. The predicted octanol–water partition coefficient (Wildman–Crippen LogP) is 3.44. The third-order valence-electron chi connectivity index (χ3n) is 4.69. The fourth-order valence-electron chi connectivity index (χ4n) is 3.14. The van der Waals surface area contributed by atoms with Gasteiger partial charge in [-0.15, -0.1) is 11.3 Å². The van der Waals surface area contributed by atoms with Gasteiger partial charge in [0.25, 0.3) is 11.8 Å². The Kier molecular flexibility index (Phi) is 6.37. The molecule has 8 heteroatoms. The van der Waals surface area contributed by atoms with Crippen molar-refractivity contribution in [2.75, 3.05) is 26.3 Å². The highest BCUT2D eigenvalue weighted by Gasteiger charge is 2.15. The zero-order valence-electron chi connectivity index (χ0n) is 16.7. The second-order valence-electron chi connectivity index (χ2n) is 6.94. The lowest BCUT2D eigenvalue weighted by molar-refractivity contribution is 0.0952. The van der Waals surface area contributed by atoms with Crippen LogP contribution in [-0.2, 0) is 0 Å². The molecule has 4 rings (SSSR count). The van der Waals surface area contributed by atoms with Crippen molar-refractivity contribution in [2.45, 2.75) is 6.42 Å². The first-order chi connectivity index (χ1) is 15.1. The molecule has 0 bridgehead atoms. The minimum absolute atomic E-state index is 0.0477. The Morgan fingerprint density at radius 3 is 2.48 bits per heavy atom. The number of phenolic OH excluding ortho intramolecular Hbond substituents is 1. The lowest BCUT2D eigenvalue weighted by atomic mass is 10.1. The number of nitrogens with one attached hydrogen (secondary N) is 2. The third-order valence-corrected chi connectivity index (χ3v) is 5.82.